The van der Waals surface area contributed by atoms with E-state index in [2.05, 4.69) is 11.9 Å². The third kappa shape index (κ3) is 4.37. The van der Waals surface area contributed by atoms with Crippen molar-refractivity contribution >= 4 is 28.2 Å². The largest absolute Gasteiger partial charge is 0.361 e. The molecule has 0 aliphatic heterocycles. The van der Waals surface area contributed by atoms with Gasteiger partial charge in [-0.2, -0.15) is 0 Å². The lowest BCUT2D eigenvalue weighted by Gasteiger charge is -1.90. The number of halogens is 1. The number of nitrogens with one attached hydrogen (secondary N) is 1. The zero-order valence-electron chi connectivity index (χ0n) is 10.4. The molecule has 0 saturated carbocycles. The van der Waals surface area contributed by atoms with E-state index in [-0.39, 0.29) is 5.69 Å². The second-order valence-corrected chi connectivity index (χ2v) is 4.28. The number of unbranched alkanes of at least 4 members (excludes halogenated alkanes) is 2. The minimum absolute atomic E-state index is 0.127. The molecule has 5 heteroatoms. The normalized spacial score (nSPS) is 9.89. The second kappa shape index (κ2) is 7.71. The van der Waals surface area contributed by atoms with Crippen LogP contribution in [0.3, 0.4) is 0 Å². The van der Waals surface area contributed by atoms with Crippen LogP contribution in [0.15, 0.2) is 30.5 Å². The molecule has 1 aromatic heterocycles. The van der Waals surface area contributed by atoms with Crippen LogP contribution in [-0.2, 0) is 0 Å². The van der Waals surface area contributed by atoms with Crippen LogP contribution in [-0.4, -0.2) is 15.8 Å². The number of nitro groups is 1. The van der Waals surface area contributed by atoms with Gasteiger partial charge < -0.3 is 4.98 Å². The Kier molecular flexibility index (Phi) is 6.22. The molecule has 0 amide bonds. The highest BCUT2D eigenvalue weighted by Gasteiger charge is 2.05. The van der Waals surface area contributed by atoms with Crippen molar-refractivity contribution in [3.05, 3.63) is 40.6 Å². The first-order chi connectivity index (χ1) is 8.69. The number of hydrogen-bond donors (Lipinski definition) is 1. The smallest absolute Gasteiger partial charge is 0.270 e. The van der Waals surface area contributed by atoms with Crippen LogP contribution in [0.25, 0.3) is 10.9 Å². The Hall–Kier alpha value is -1.55. The van der Waals surface area contributed by atoms with Crippen molar-refractivity contribution in [1.29, 1.82) is 0 Å². The van der Waals surface area contributed by atoms with Crippen LogP contribution in [0.5, 0.6) is 0 Å². The van der Waals surface area contributed by atoms with Crippen LogP contribution in [0.1, 0.15) is 26.2 Å². The van der Waals surface area contributed by atoms with Crippen molar-refractivity contribution < 1.29 is 4.92 Å². The van der Waals surface area contributed by atoms with Crippen LogP contribution in [0.4, 0.5) is 5.69 Å². The summed E-state index contributed by atoms with van der Waals surface area (Å²) in [4.78, 5) is 12.9. The number of alkyl halides is 1. The van der Waals surface area contributed by atoms with Gasteiger partial charge >= 0.3 is 0 Å². The van der Waals surface area contributed by atoms with Gasteiger partial charge in [-0.15, -0.1) is 11.6 Å². The van der Waals surface area contributed by atoms with Gasteiger partial charge in [0.25, 0.3) is 5.69 Å². The first-order valence-corrected chi connectivity index (χ1v) is 6.50. The topological polar surface area (TPSA) is 58.9 Å². The summed E-state index contributed by atoms with van der Waals surface area (Å²) in [5.41, 5.74) is 1.04. The molecule has 1 heterocycles. The predicted molar refractivity (Wildman–Crippen MR) is 75.2 cm³/mol. The summed E-state index contributed by atoms with van der Waals surface area (Å²) in [5, 5.41) is 11.2. The fraction of sp³-hybridized carbons (Fsp3) is 0.385. The fourth-order valence-electron chi connectivity index (χ4n) is 1.50. The first kappa shape index (κ1) is 14.5. The van der Waals surface area contributed by atoms with Gasteiger partial charge in [-0.05, 0) is 18.6 Å². The molecule has 18 heavy (non-hydrogen) atoms. The number of aromatic amines is 1. The SMILES string of the molecule is CCCCCCl.O=[N+]([O-])c1ccc2[nH]ccc2c1. The molecule has 0 bridgehead atoms. The zero-order chi connectivity index (χ0) is 13.4. The lowest BCUT2D eigenvalue weighted by atomic mass is 10.2. The van der Waals surface area contributed by atoms with E-state index in [1.165, 1.54) is 25.3 Å². The highest BCUT2D eigenvalue weighted by atomic mass is 35.5. The van der Waals surface area contributed by atoms with E-state index in [9.17, 15) is 10.1 Å². The minimum Gasteiger partial charge on any atom is -0.361 e. The zero-order valence-corrected chi connectivity index (χ0v) is 11.1. The lowest BCUT2D eigenvalue weighted by Crippen LogP contribution is -1.86. The molecule has 0 unspecified atom stereocenters. The molecule has 0 atom stereocenters. The third-order valence-electron chi connectivity index (χ3n) is 2.48. The molecular formula is C13H17ClN2O2. The lowest BCUT2D eigenvalue weighted by molar-refractivity contribution is -0.384. The van der Waals surface area contributed by atoms with E-state index in [1.54, 1.807) is 18.3 Å². The van der Waals surface area contributed by atoms with Crippen LogP contribution in [0, 0.1) is 10.1 Å². The molecule has 0 aliphatic rings. The molecular weight excluding hydrogens is 252 g/mol. The van der Waals surface area contributed by atoms with Crippen molar-refractivity contribution in [3.63, 3.8) is 0 Å². The molecule has 0 spiro atoms. The predicted octanol–water partition coefficient (Wildman–Crippen LogP) is 4.49. The molecule has 1 aromatic carbocycles. The Morgan fingerprint density at radius 2 is 2.11 bits per heavy atom. The van der Waals surface area contributed by atoms with Crippen molar-refractivity contribution in [2.75, 3.05) is 5.88 Å². The first-order valence-electron chi connectivity index (χ1n) is 5.96. The van der Waals surface area contributed by atoms with Crippen molar-refractivity contribution in [2.24, 2.45) is 0 Å². The molecule has 0 fully saturated rings. The molecule has 0 aliphatic carbocycles. The summed E-state index contributed by atoms with van der Waals surface area (Å²) >= 11 is 5.38. The molecule has 0 radical (unpaired) electrons. The van der Waals surface area contributed by atoms with Crippen molar-refractivity contribution in [3.8, 4) is 0 Å². The number of nitro benzene ring substituents is 1. The third-order valence-corrected chi connectivity index (χ3v) is 2.75. The van der Waals surface area contributed by atoms with E-state index >= 15 is 0 Å². The van der Waals surface area contributed by atoms with E-state index in [0.29, 0.717) is 0 Å². The van der Waals surface area contributed by atoms with E-state index < -0.39 is 4.92 Å². The number of aromatic nitrogens is 1. The number of rotatable bonds is 4. The van der Waals surface area contributed by atoms with Gasteiger partial charge in [-0.25, -0.2) is 0 Å². The molecule has 2 rings (SSSR count). The fourth-order valence-corrected chi connectivity index (χ4v) is 1.69. The average Bonchev–Trinajstić information content (AvgIpc) is 2.84. The quantitative estimate of drug-likeness (QED) is 0.384. The molecule has 2 aromatic rings. The maximum absolute atomic E-state index is 10.4. The maximum atomic E-state index is 10.4. The van der Waals surface area contributed by atoms with E-state index in [1.807, 2.05) is 6.07 Å². The molecule has 1 N–H and O–H groups in total. The Bertz CT molecular complexity index is 492. The number of nitrogens with zero attached hydrogens (tertiary/aromatic N) is 1. The molecule has 98 valence electrons. The van der Waals surface area contributed by atoms with Crippen molar-refractivity contribution in [1.82, 2.24) is 4.98 Å². The molecule has 4 nitrogen and oxygen atoms in total. The minimum atomic E-state index is -0.396. The van der Waals surface area contributed by atoms with E-state index in [0.717, 1.165) is 16.8 Å². The highest BCUT2D eigenvalue weighted by molar-refractivity contribution is 6.17. The van der Waals surface area contributed by atoms with Gasteiger partial charge in [0.15, 0.2) is 0 Å². The summed E-state index contributed by atoms with van der Waals surface area (Å²) in [6, 6.07) is 6.54. The number of fused-ring (bicyclic) bond motifs is 1. The summed E-state index contributed by atoms with van der Waals surface area (Å²) in [7, 11) is 0. The Morgan fingerprint density at radius 1 is 1.33 bits per heavy atom. The standard InChI is InChI=1S/C8H6N2O2.C5H11Cl/c11-10(12)7-1-2-8-6(5-7)3-4-9-8;1-2-3-4-5-6/h1-5,9H;2-5H2,1H3. The van der Waals surface area contributed by atoms with Gasteiger partial charge in [-0.3, -0.25) is 10.1 Å². The average molecular weight is 269 g/mol. The maximum Gasteiger partial charge on any atom is 0.270 e. The van der Waals surface area contributed by atoms with Gasteiger partial charge in [0.1, 0.15) is 0 Å². The molecule has 0 saturated heterocycles. The Balaban J connectivity index is 0.000000232. The van der Waals surface area contributed by atoms with Crippen LogP contribution in [0.2, 0.25) is 0 Å². The van der Waals surface area contributed by atoms with Crippen LogP contribution >= 0.6 is 11.6 Å². The summed E-state index contributed by atoms with van der Waals surface area (Å²) < 4.78 is 0. The number of non-ortho nitro benzene ring substituents is 1. The van der Waals surface area contributed by atoms with Gasteiger partial charge in [0.05, 0.1) is 4.92 Å². The summed E-state index contributed by atoms with van der Waals surface area (Å²) in [6.45, 7) is 2.17. The number of H-pyrrole nitrogens is 1. The van der Waals surface area contributed by atoms with E-state index in [4.69, 9.17) is 11.6 Å². The van der Waals surface area contributed by atoms with Crippen molar-refractivity contribution in [2.45, 2.75) is 26.2 Å². The summed E-state index contributed by atoms with van der Waals surface area (Å²) in [5.74, 6) is 0.827. The Labute approximate surface area is 111 Å². The van der Waals surface area contributed by atoms with Crippen LogP contribution < -0.4 is 0 Å². The number of benzene rings is 1. The highest BCUT2D eigenvalue weighted by Crippen LogP contribution is 2.18. The number of hydrogen-bond acceptors (Lipinski definition) is 2. The van der Waals surface area contributed by atoms with Gasteiger partial charge in [-0.1, -0.05) is 19.8 Å². The summed E-state index contributed by atoms with van der Waals surface area (Å²) in [6.07, 6.45) is 5.49. The van der Waals surface area contributed by atoms with Gasteiger partial charge in [0.2, 0.25) is 0 Å². The monoisotopic (exact) mass is 268 g/mol. The second-order valence-electron chi connectivity index (χ2n) is 3.90. The van der Waals surface area contributed by atoms with Gasteiger partial charge in [0, 0.05) is 35.1 Å². The Morgan fingerprint density at radius 3 is 2.67 bits per heavy atom.